The number of benzene rings is 1. The molecule has 3 atom stereocenters. The molecule has 27 heavy (non-hydrogen) atoms. The molecule has 0 unspecified atom stereocenters. The first-order valence-electron chi connectivity index (χ1n) is 9.73. The average Bonchev–Trinajstić information content (AvgIpc) is 2.64. The van der Waals surface area contributed by atoms with Crippen molar-refractivity contribution in [2.45, 2.75) is 51.5 Å². The lowest BCUT2D eigenvalue weighted by atomic mass is 9.67. The summed E-state index contributed by atoms with van der Waals surface area (Å²) in [7, 11) is 0. The maximum Gasteiger partial charge on any atom is 0.309 e. The molecule has 1 aromatic carbocycles. The molecule has 0 aliphatic heterocycles. The van der Waals surface area contributed by atoms with Gasteiger partial charge in [-0.1, -0.05) is 41.4 Å². The lowest BCUT2D eigenvalue weighted by Crippen LogP contribution is -2.40. The van der Waals surface area contributed by atoms with Crippen molar-refractivity contribution in [3.63, 3.8) is 0 Å². The SMILES string of the molecule is CC[C@@H](NC(=O)COC(=O)C1C[C@@H]2CCC[C@@H](C1)C2=O)c1ccc(Br)cc1. The minimum Gasteiger partial charge on any atom is -0.455 e. The van der Waals surface area contributed by atoms with Crippen LogP contribution in [0.3, 0.4) is 0 Å². The Morgan fingerprint density at radius 2 is 1.81 bits per heavy atom. The van der Waals surface area contributed by atoms with Gasteiger partial charge in [-0.25, -0.2) is 0 Å². The van der Waals surface area contributed by atoms with Crippen LogP contribution >= 0.6 is 15.9 Å². The Labute approximate surface area is 168 Å². The molecule has 0 spiro atoms. The van der Waals surface area contributed by atoms with Crippen LogP contribution in [0.2, 0.25) is 0 Å². The van der Waals surface area contributed by atoms with Crippen LogP contribution in [-0.4, -0.2) is 24.3 Å². The van der Waals surface area contributed by atoms with Crippen LogP contribution in [0.4, 0.5) is 0 Å². The van der Waals surface area contributed by atoms with Crippen molar-refractivity contribution < 1.29 is 19.1 Å². The van der Waals surface area contributed by atoms with Crippen LogP contribution in [0.5, 0.6) is 0 Å². The summed E-state index contributed by atoms with van der Waals surface area (Å²) in [5.74, 6) is -0.560. The zero-order valence-electron chi connectivity index (χ0n) is 15.6. The molecule has 0 heterocycles. The number of rotatable bonds is 6. The van der Waals surface area contributed by atoms with Crippen molar-refractivity contribution in [1.82, 2.24) is 5.32 Å². The van der Waals surface area contributed by atoms with Gasteiger partial charge in [-0.3, -0.25) is 14.4 Å². The Morgan fingerprint density at radius 1 is 1.19 bits per heavy atom. The number of hydrogen-bond acceptors (Lipinski definition) is 4. The summed E-state index contributed by atoms with van der Waals surface area (Å²) in [6.45, 7) is 1.72. The fourth-order valence-corrected chi connectivity index (χ4v) is 4.54. The summed E-state index contributed by atoms with van der Waals surface area (Å²) in [6, 6.07) is 7.68. The van der Waals surface area contributed by atoms with Gasteiger partial charge in [0.1, 0.15) is 5.78 Å². The highest BCUT2D eigenvalue weighted by atomic mass is 79.9. The number of ketones is 1. The Morgan fingerprint density at radius 3 is 2.41 bits per heavy atom. The van der Waals surface area contributed by atoms with E-state index in [1.165, 1.54) is 0 Å². The summed E-state index contributed by atoms with van der Waals surface area (Å²) in [6.07, 6.45) is 4.73. The van der Waals surface area contributed by atoms with E-state index in [0.717, 1.165) is 35.7 Å². The second-order valence-corrected chi connectivity index (χ2v) is 8.50. The minimum atomic E-state index is -0.341. The van der Waals surface area contributed by atoms with E-state index in [-0.39, 0.29) is 42.3 Å². The molecule has 0 aromatic heterocycles. The van der Waals surface area contributed by atoms with Crippen LogP contribution in [0.25, 0.3) is 0 Å². The van der Waals surface area contributed by atoms with E-state index in [0.29, 0.717) is 18.6 Å². The van der Waals surface area contributed by atoms with Gasteiger partial charge >= 0.3 is 5.97 Å². The second kappa shape index (κ2) is 9.00. The Balaban J connectivity index is 1.49. The highest BCUT2D eigenvalue weighted by Gasteiger charge is 2.41. The summed E-state index contributed by atoms with van der Waals surface area (Å²) in [5.41, 5.74) is 1.01. The van der Waals surface area contributed by atoms with Gasteiger partial charge in [-0.2, -0.15) is 0 Å². The normalized spacial score (nSPS) is 25.6. The zero-order chi connectivity index (χ0) is 19.4. The summed E-state index contributed by atoms with van der Waals surface area (Å²) < 4.78 is 6.26. The van der Waals surface area contributed by atoms with Crippen molar-refractivity contribution in [3.8, 4) is 0 Å². The summed E-state index contributed by atoms with van der Waals surface area (Å²) >= 11 is 3.40. The van der Waals surface area contributed by atoms with Gasteiger partial charge in [0.25, 0.3) is 5.91 Å². The maximum atomic E-state index is 12.4. The predicted molar refractivity (Wildman–Crippen MR) is 105 cm³/mol. The molecule has 146 valence electrons. The first-order chi connectivity index (χ1) is 13.0. The fraction of sp³-hybridized carbons (Fsp3) is 0.571. The van der Waals surface area contributed by atoms with Gasteiger partial charge in [0.15, 0.2) is 6.61 Å². The van der Waals surface area contributed by atoms with Gasteiger partial charge in [0, 0.05) is 16.3 Å². The van der Waals surface area contributed by atoms with E-state index in [4.69, 9.17) is 4.74 Å². The highest BCUT2D eigenvalue weighted by Crippen LogP contribution is 2.40. The number of carbonyl (C=O) groups is 3. The lowest BCUT2D eigenvalue weighted by molar-refractivity contribution is -0.156. The van der Waals surface area contributed by atoms with E-state index in [2.05, 4.69) is 21.2 Å². The smallest absolute Gasteiger partial charge is 0.309 e. The third-order valence-electron chi connectivity index (χ3n) is 5.74. The van der Waals surface area contributed by atoms with Gasteiger partial charge in [0.05, 0.1) is 12.0 Å². The van der Waals surface area contributed by atoms with Gasteiger partial charge in [-0.15, -0.1) is 0 Å². The maximum absolute atomic E-state index is 12.4. The molecule has 2 aliphatic rings. The number of hydrogen-bond donors (Lipinski definition) is 1. The molecule has 0 radical (unpaired) electrons. The Bertz CT molecular complexity index is 687. The third kappa shape index (κ3) is 4.98. The molecule has 3 rings (SSSR count). The van der Waals surface area contributed by atoms with Crippen molar-refractivity contribution in [2.75, 3.05) is 6.61 Å². The molecule has 1 amide bonds. The second-order valence-electron chi connectivity index (χ2n) is 7.58. The van der Waals surface area contributed by atoms with Crippen molar-refractivity contribution in [1.29, 1.82) is 0 Å². The van der Waals surface area contributed by atoms with Gasteiger partial charge in [-0.05, 0) is 49.8 Å². The van der Waals surface area contributed by atoms with Gasteiger partial charge in [0.2, 0.25) is 0 Å². The quantitative estimate of drug-likeness (QED) is 0.686. The zero-order valence-corrected chi connectivity index (χ0v) is 17.2. The molecule has 2 aliphatic carbocycles. The molecule has 2 fully saturated rings. The van der Waals surface area contributed by atoms with Crippen LogP contribution in [0.15, 0.2) is 28.7 Å². The molecule has 6 heteroatoms. The minimum absolute atomic E-state index is 0.00533. The van der Waals surface area contributed by atoms with E-state index in [1.807, 2.05) is 31.2 Å². The van der Waals surface area contributed by atoms with Crippen molar-refractivity contribution in [2.24, 2.45) is 17.8 Å². The number of esters is 1. The number of nitrogens with one attached hydrogen (secondary N) is 1. The number of Topliss-reactive ketones (excluding diaryl/α,β-unsaturated/α-hetero) is 1. The Hall–Kier alpha value is -1.69. The summed E-state index contributed by atoms with van der Waals surface area (Å²) in [5, 5.41) is 2.92. The number of fused-ring (bicyclic) bond motifs is 2. The molecular formula is C21H26BrNO4. The molecular weight excluding hydrogens is 410 g/mol. The Kier molecular flexibility index (Phi) is 6.68. The molecule has 2 saturated carbocycles. The fourth-order valence-electron chi connectivity index (χ4n) is 4.28. The van der Waals surface area contributed by atoms with E-state index >= 15 is 0 Å². The van der Waals surface area contributed by atoms with E-state index in [1.54, 1.807) is 0 Å². The van der Waals surface area contributed by atoms with Crippen LogP contribution in [0.1, 0.15) is 57.1 Å². The van der Waals surface area contributed by atoms with Gasteiger partial charge < -0.3 is 10.1 Å². The van der Waals surface area contributed by atoms with Crippen molar-refractivity contribution >= 4 is 33.6 Å². The summed E-state index contributed by atoms with van der Waals surface area (Å²) in [4.78, 5) is 36.8. The number of amides is 1. The number of ether oxygens (including phenoxy) is 1. The van der Waals surface area contributed by atoms with Crippen molar-refractivity contribution in [3.05, 3.63) is 34.3 Å². The lowest BCUT2D eigenvalue weighted by Gasteiger charge is -2.36. The van der Waals surface area contributed by atoms with Crippen LogP contribution in [0, 0.1) is 17.8 Å². The monoisotopic (exact) mass is 435 g/mol. The molecule has 5 nitrogen and oxygen atoms in total. The van der Waals surface area contributed by atoms with Crippen LogP contribution in [-0.2, 0) is 19.1 Å². The molecule has 0 saturated heterocycles. The topological polar surface area (TPSA) is 72.5 Å². The van der Waals surface area contributed by atoms with E-state index in [9.17, 15) is 14.4 Å². The standard InChI is InChI=1S/C21H26BrNO4/c1-2-18(13-6-8-17(22)9-7-13)23-19(24)12-27-21(26)16-10-14-4-3-5-15(11-16)20(14)25/h6-9,14-16,18H,2-5,10-12H2,1H3,(H,23,24)/t14-,15-,18+/m0/s1. The third-order valence-corrected chi connectivity index (χ3v) is 6.27. The highest BCUT2D eigenvalue weighted by molar-refractivity contribution is 9.10. The first kappa shape index (κ1) is 20.1. The number of halogens is 1. The largest absolute Gasteiger partial charge is 0.455 e. The predicted octanol–water partition coefficient (Wildman–Crippen LogP) is 3.96. The first-order valence-corrected chi connectivity index (χ1v) is 10.5. The number of carbonyl (C=O) groups excluding carboxylic acids is 3. The molecule has 2 bridgehead atoms. The molecule has 1 N–H and O–H groups in total. The van der Waals surface area contributed by atoms with E-state index < -0.39 is 0 Å². The molecule has 1 aromatic rings. The van der Waals surface area contributed by atoms with Crippen LogP contribution < -0.4 is 5.32 Å². The average molecular weight is 436 g/mol.